The van der Waals surface area contributed by atoms with Crippen molar-refractivity contribution in [2.75, 3.05) is 0 Å². The number of pyridine rings is 1. The standard InChI is InChI=1S/C28H35N3O2.ClH/c1-4-28(2,3)21-12-14-22(15-13-21)30-17-19-7-5-9-24-23(19)8-6-10-25(24)33-26-16-11-20(18-31-26)27(29)32;/h5-11,16,18,21-22,30H,4,12-15,17H2,1-3H3,(H2,29,32);1H. The molecule has 182 valence electrons. The number of amides is 1. The minimum absolute atomic E-state index is 0. The highest BCUT2D eigenvalue weighted by Gasteiger charge is 2.31. The zero-order valence-corrected chi connectivity index (χ0v) is 21.2. The minimum atomic E-state index is -0.501. The highest BCUT2D eigenvalue weighted by Crippen LogP contribution is 2.40. The van der Waals surface area contributed by atoms with Crippen molar-refractivity contribution >= 4 is 29.1 Å². The molecular weight excluding hydrogens is 446 g/mol. The van der Waals surface area contributed by atoms with E-state index in [9.17, 15) is 4.79 Å². The molecule has 0 unspecified atom stereocenters. The lowest BCUT2D eigenvalue weighted by atomic mass is 9.69. The van der Waals surface area contributed by atoms with Gasteiger partial charge in [0.05, 0.1) is 5.56 Å². The van der Waals surface area contributed by atoms with Gasteiger partial charge in [-0.1, -0.05) is 57.5 Å². The van der Waals surface area contributed by atoms with Crippen LogP contribution in [0.2, 0.25) is 0 Å². The van der Waals surface area contributed by atoms with Crippen LogP contribution in [0.5, 0.6) is 11.6 Å². The first-order valence-corrected chi connectivity index (χ1v) is 12.0. The Morgan fingerprint density at radius 1 is 1.06 bits per heavy atom. The maximum absolute atomic E-state index is 11.3. The second-order valence-corrected chi connectivity index (χ2v) is 9.89. The van der Waals surface area contributed by atoms with E-state index in [-0.39, 0.29) is 12.4 Å². The van der Waals surface area contributed by atoms with Crippen LogP contribution in [0, 0.1) is 11.3 Å². The number of fused-ring (bicyclic) bond motifs is 1. The summed E-state index contributed by atoms with van der Waals surface area (Å²) in [6.45, 7) is 8.00. The summed E-state index contributed by atoms with van der Waals surface area (Å²) in [5.74, 6) is 1.51. The van der Waals surface area contributed by atoms with Gasteiger partial charge in [-0.05, 0) is 60.1 Å². The molecule has 0 aliphatic heterocycles. The summed E-state index contributed by atoms with van der Waals surface area (Å²) >= 11 is 0. The van der Waals surface area contributed by atoms with Crippen LogP contribution in [0.25, 0.3) is 10.8 Å². The molecule has 0 radical (unpaired) electrons. The number of rotatable bonds is 8. The van der Waals surface area contributed by atoms with Crippen LogP contribution in [0.15, 0.2) is 54.7 Å². The molecule has 2 aromatic carbocycles. The molecule has 1 saturated carbocycles. The number of primary amides is 1. The number of nitrogens with zero attached hydrogens (tertiary/aromatic N) is 1. The van der Waals surface area contributed by atoms with Crippen LogP contribution in [0.4, 0.5) is 0 Å². The quantitative estimate of drug-likeness (QED) is 0.378. The maximum Gasteiger partial charge on any atom is 0.250 e. The molecule has 34 heavy (non-hydrogen) atoms. The summed E-state index contributed by atoms with van der Waals surface area (Å²) in [6, 6.07) is 16.3. The average Bonchev–Trinajstić information content (AvgIpc) is 2.83. The molecule has 1 fully saturated rings. The number of halogens is 1. The van der Waals surface area contributed by atoms with Gasteiger partial charge in [0.15, 0.2) is 0 Å². The van der Waals surface area contributed by atoms with Crippen LogP contribution in [0.3, 0.4) is 0 Å². The highest BCUT2D eigenvalue weighted by molar-refractivity contribution is 5.92. The number of carbonyl (C=O) groups is 1. The number of hydrogen-bond donors (Lipinski definition) is 2. The van der Waals surface area contributed by atoms with Crippen molar-refractivity contribution in [3.05, 3.63) is 65.9 Å². The fourth-order valence-electron chi connectivity index (χ4n) is 4.91. The van der Waals surface area contributed by atoms with Crippen molar-refractivity contribution in [1.82, 2.24) is 10.3 Å². The molecule has 1 aliphatic carbocycles. The van der Waals surface area contributed by atoms with Gasteiger partial charge in [-0.2, -0.15) is 0 Å². The van der Waals surface area contributed by atoms with Gasteiger partial charge in [-0.15, -0.1) is 12.4 Å². The number of nitrogens with one attached hydrogen (secondary N) is 1. The molecule has 4 rings (SSSR count). The van der Waals surface area contributed by atoms with Crippen LogP contribution in [0.1, 0.15) is 68.8 Å². The molecular formula is C28H36ClN3O2. The van der Waals surface area contributed by atoms with Gasteiger partial charge < -0.3 is 15.8 Å². The van der Waals surface area contributed by atoms with Crippen LogP contribution < -0.4 is 15.8 Å². The summed E-state index contributed by atoms with van der Waals surface area (Å²) in [5, 5.41) is 6.03. The van der Waals surface area contributed by atoms with Gasteiger partial charge in [0.1, 0.15) is 5.75 Å². The third-order valence-corrected chi connectivity index (χ3v) is 7.53. The molecule has 0 spiro atoms. The molecule has 1 heterocycles. The van der Waals surface area contributed by atoms with E-state index in [4.69, 9.17) is 10.5 Å². The predicted molar refractivity (Wildman–Crippen MR) is 141 cm³/mol. The second kappa shape index (κ2) is 11.2. The number of hydrogen-bond acceptors (Lipinski definition) is 4. The molecule has 1 aromatic heterocycles. The van der Waals surface area contributed by atoms with E-state index in [0.29, 0.717) is 22.9 Å². The SMILES string of the molecule is CCC(C)(C)C1CCC(NCc2cccc3c(Oc4ccc(C(N)=O)cn4)cccc23)CC1.Cl. The lowest BCUT2D eigenvalue weighted by Gasteiger charge is -2.39. The Bertz CT molecular complexity index is 1110. The second-order valence-electron chi connectivity index (χ2n) is 9.89. The van der Waals surface area contributed by atoms with Gasteiger partial charge >= 0.3 is 0 Å². The molecule has 5 nitrogen and oxygen atoms in total. The third-order valence-electron chi connectivity index (χ3n) is 7.53. The highest BCUT2D eigenvalue weighted by atomic mass is 35.5. The van der Waals surface area contributed by atoms with Gasteiger partial charge in [0, 0.05) is 30.2 Å². The van der Waals surface area contributed by atoms with E-state index >= 15 is 0 Å². The van der Waals surface area contributed by atoms with Crippen molar-refractivity contribution in [1.29, 1.82) is 0 Å². The average molecular weight is 482 g/mol. The number of ether oxygens (including phenoxy) is 1. The largest absolute Gasteiger partial charge is 0.438 e. The van der Waals surface area contributed by atoms with E-state index in [0.717, 1.165) is 23.6 Å². The Labute approximate surface area is 208 Å². The maximum atomic E-state index is 11.3. The minimum Gasteiger partial charge on any atom is -0.438 e. The smallest absolute Gasteiger partial charge is 0.250 e. The predicted octanol–water partition coefficient (Wildman–Crippen LogP) is 6.63. The van der Waals surface area contributed by atoms with Gasteiger partial charge in [0.2, 0.25) is 11.8 Å². The number of nitrogens with two attached hydrogens (primary N) is 1. The monoisotopic (exact) mass is 481 g/mol. The van der Waals surface area contributed by atoms with Crippen LogP contribution in [-0.4, -0.2) is 16.9 Å². The molecule has 3 aromatic rings. The molecule has 6 heteroatoms. The number of carbonyl (C=O) groups excluding carboxylic acids is 1. The normalized spacial score (nSPS) is 18.3. The Morgan fingerprint density at radius 2 is 1.76 bits per heavy atom. The fraction of sp³-hybridized carbons (Fsp3) is 0.429. The summed E-state index contributed by atoms with van der Waals surface area (Å²) in [7, 11) is 0. The zero-order chi connectivity index (χ0) is 23.4. The lowest BCUT2D eigenvalue weighted by molar-refractivity contribution is 0.1000. The first kappa shape index (κ1) is 26.0. The van der Waals surface area contributed by atoms with Crippen LogP contribution in [-0.2, 0) is 6.54 Å². The Hall–Kier alpha value is -2.63. The van der Waals surface area contributed by atoms with E-state index < -0.39 is 5.91 Å². The Morgan fingerprint density at radius 3 is 2.41 bits per heavy atom. The van der Waals surface area contributed by atoms with E-state index in [1.165, 1.54) is 49.3 Å². The first-order chi connectivity index (χ1) is 15.9. The van der Waals surface area contributed by atoms with E-state index in [2.05, 4.69) is 55.3 Å². The zero-order valence-electron chi connectivity index (χ0n) is 20.3. The van der Waals surface area contributed by atoms with Gasteiger partial charge in [0.25, 0.3) is 0 Å². The van der Waals surface area contributed by atoms with E-state index in [1.807, 2.05) is 12.1 Å². The number of aromatic nitrogens is 1. The van der Waals surface area contributed by atoms with Crippen LogP contribution >= 0.6 is 12.4 Å². The lowest BCUT2D eigenvalue weighted by Crippen LogP contribution is -2.36. The van der Waals surface area contributed by atoms with Gasteiger partial charge in [-0.3, -0.25) is 4.79 Å². The van der Waals surface area contributed by atoms with Crippen molar-refractivity contribution in [2.24, 2.45) is 17.1 Å². The third kappa shape index (κ3) is 5.89. The molecule has 1 aliphatic rings. The van der Waals surface area contributed by atoms with Gasteiger partial charge in [-0.25, -0.2) is 4.98 Å². The summed E-state index contributed by atoms with van der Waals surface area (Å²) in [4.78, 5) is 15.5. The topological polar surface area (TPSA) is 77.2 Å². The molecule has 0 bridgehead atoms. The fourth-order valence-corrected chi connectivity index (χ4v) is 4.91. The summed E-state index contributed by atoms with van der Waals surface area (Å²) in [6.07, 6.45) is 7.82. The Kier molecular flexibility index (Phi) is 8.56. The first-order valence-electron chi connectivity index (χ1n) is 12.0. The molecule has 0 saturated heterocycles. The van der Waals surface area contributed by atoms with Crippen molar-refractivity contribution in [3.8, 4) is 11.6 Å². The van der Waals surface area contributed by atoms with Crippen molar-refractivity contribution in [3.63, 3.8) is 0 Å². The van der Waals surface area contributed by atoms with Crippen molar-refractivity contribution in [2.45, 2.75) is 65.5 Å². The summed E-state index contributed by atoms with van der Waals surface area (Å²) < 4.78 is 6.05. The Balaban J connectivity index is 0.00000324. The molecule has 1 amide bonds. The molecule has 3 N–H and O–H groups in total. The van der Waals surface area contributed by atoms with Crippen molar-refractivity contribution < 1.29 is 9.53 Å². The van der Waals surface area contributed by atoms with E-state index in [1.54, 1.807) is 12.1 Å². The summed E-state index contributed by atoms with van der Waals surface area (Å²) in [5.41, 5.74) is 7.38. The number of benzene rings is 2. The molecule has 0 atom stereocenters.